The maximum Gasteiger partial charge on any atom is 0.225 e. The second-order valence-corrected chi connectivity index (χ2v) is 4.02. The van der Waals surface area contributed by atoms with Gasteiger partial charge in [-0.1, -0.05) is 6.92 Å². The number of hydrogen-bond acceptors (Lipinski definition) is 5. The first kappa shape index (κ1) is 11.0. The number of nitrogens with zero attached hydrogens (tertiary/aromatic N) is 3. The molecule has 0 aromatic carbocycles. The van der Waals surface area contributed by atoms with Crippen LogP contribution in [0.5, 0.6) is 5.88 Å². The van der Waals surface area contributed by atoms with Crippen molar-refractivity contribution < 1.29 is 4.74 Å². The number of aromatic nitrogens is 2. The average Bonchev–Trinajstić information content (AvgIpc) is 2.76. The van der Waals surface area contributed by atoms with Gasteiger partial charge in [0.25, 0.3) is 0 Å². The van der Waals surface area contributed by atoms with E-state index in [1.807, 2.05) is 6.07 Å². The Morgan fingerprint density at radius 1 is 1.56 bits per heavy atom. The molecule has 0 aliphatic carbocycles. The fourth-order valence-electron chi connectivity index (χ4n) is 2.24. The van der Waals surface area contributed by atoms with E-state index in [2.05, 4.69) is 21.8 Å². The summed E-state index contributed by atoms with van der Waals surface area (Å²) < 4.78 is 5.11. The van der Waals surface area contributed by atoms with E-state index in [4.69, 9.17) is 10.5 Å². The third kappa shape index (κ3) is 2.03. The Bertz CT molecular complexity index is 369. The van der Waals surface area contributed by atoms with E-state index in [1.165, 1.54) is 12.8 Å². The van der Waals surface area contributed by atoms with E-state index in [0.717, 1.165) is 18.8 Å². The molecule has 1 aliphatic heterocycles. The van der Waals surface area contributed by atoms with Gasteiger partial charge in [-0.25, -0.2) is 0 Å². The van der Waals surface area contributed by atoms with Gasteiger partial charge >= 0.3 is 0 Å². The van der Waals surface area contributed by atoms with Gasteiger partial charge in [0.15, 0.2) is 0 Å². The highest BCUT2D eigenvalue weighted by atomic mass is 16.5. The van der Waals surface area contributed by atoms with Crippen LogP contribution in [0.15, 0.2) is 6.07 Å². The second kappa shape index (κ2) is 4.55. The van der Waals surface area contributed by atoms with E-state index in [1.54, 1.807) is 7.11 Å². The third-order valence-corrected chi connectivity index (χ3v) is 3.06. The van der Waals surface area contributed by atoms with Crippen LogP contribution < -0.4 is 15.4 Å². The lowest BCUT2D eigenvalue weighted by Crippen LogP contribution is -2.29. The zero-order valence-corrected chi connectivity index (χ0v) is 9.81. The van der Waals surface area contributed by atoms with Gasteiger partial charge in [-0.2, -0.15) is 9.97 Å². The minimum Gasteiger partial charge on any atom is -0.481 e. The molecule has 16 heavy (non-hydrogen) atoms. The number of ether oxygens (including phenoxy) is 1. The molecule has 2 heterocycles. The van der Waals surface area contributed by atoms with E-state index in [9.17, 15) is 0 Å². The van der Waals surface area contributed by atoms with Gasteiger partial charge in [-0.05, 0) is 19.3 Å². The number of hydrogen-bond donors (Lipinski definition) is 1. The molecule has 0 radical (unpaired) electrons. The fraction of sp³-hybridized carbons (Fsp3) is 0.636. The summed E-state index contributed by atoms with van der Waals surface area (Å²) in [6.45, 7) is 3.24. The van der Waals surface area contributed by atoms with Gasteiger partial charge in [0.05, 0.1) is 7.11 Å². The predicted molar refractivity (Wildman–Crippen MR) is 63.7 cm³/mol. The van der Waals surface area contributed by atoms with Crippen molar-refractivity contribution >= 4 is 11.8 Å². The van der Waals surface area contributed by atoms with Crippen LogP contribution in [0.3, 0.4) is 0 Å². The van der Waals surface area contributed by atoms with E-state index >= 15 is 0 Å². The van der Waals surface area contributed by atoms with Gasteiger partial charge in [0.1, 0.15) is 5.82 Å². The maximum atomic E-state index is 5.66. The van der Waals surface area contributed by atoms with Gasteiger partial charge in [0.2, 0.25) is 11.8 Å². The van der Waals surface area contributed by atoms with Crippen molar-refractivity contribution in [1.82, 2.24) is 9.97 Å². The monoisotopic (exact) mass is 222 g/mol. The van der Waals surface area contributed by atoms with Crippen LogP contribution in [0, 0.1) is 0 Å². The largest absolute Gasteiger partial charge is 0.481 e. The number of nitrogen functional groups attached to an aromatic ring is 1. The quantitative estimate of drug-likeness (QED) is 0.838. The molecule has 1 aromatic heterocycles. The Morgan fingerprint density at radius 3 is 3.06 bits per heavy atom. The molecule has 1 saturated heterocycles. The number of nitrogens with two attached hydrogens (primary N) is 1. The summed E-state index contributed by atoms with van der Waals surface area (Å²) in [4.78, 5) is 10.6. The Kier molecular flexibility index (Phi) is 3.12. The van der Waals surface area contributed by atoms with Crippen molar-refractivity contribution in [3.05, 3.63) is 6.07 Å². The molecular formula is C11H18N4O. The highest BCUT2D eigenvalue weighted by molar-refractivity contribution is 5.47. The standard InChI is InChI=1S/C11H18N4O/c1-3-8-5-4-6-15(8)9-7-10(16-2)14-11(12)13-9/h7-8H,3-6H2,1-2H3,(H2,12,13,14). The molecular weight excluding hydrogens is 204 g/mol. The van der Waals surface area contributed by atoms with E-state index in [0.29, 0.717) is 11.9 Å². The lowest BCUT2D eigenvalue weighted by Gasteiger charge is -2.24. The van der Waals surface area contributed by atoms with Crippen molar-refractivity contribution in [2.24, 2.45) is 0 Å². The zero-order valence-electron chi connectivity index (χ0n) is 9.81. The SMILES string of the molecule is CCC1CCCN1c1cc(OC)nc(N)n1. The molecule has 1 aliphatic rings. The lowest BCUT2D eigenvalue weighted by atomic mass is 10.2. The Morgan fingerprint density at radius 2 is 2.38 bits per heavy atom. The highest BCUT2D eigenvalue weighted by Crippen LogP contribution is 2.27. The topological polar surface area (TPSA) is 64.3 Å². The van der Waals surface area contributed by atoms with Crippen molar-refractivity contribution in [2.45, 2.75) is 32.2 Å². The summed E-state index contributed by atoms with van der Waals surface area (Å²) in [7, 11) is 1.59. The first-order valence-corrected chi connectivity index (χ1v) is 5.69. The second-order valence-electron chi connectivity index (χ2n) is 4.02. The third-order valence-electron chi connectivity index (χ3n) is 3.06. The lowest BCUT2D eigenvalue weighted by molar-refractivity contribution is 0.397. The molecule has 88 valence electrons. The van der Waals surface area contributed by atoms with Gasteiger partial charge in [0, 0.05) is 18.7 Å². The molecule has 1 unspecified atom stereocenters. The Hall–Kier alpha value is -1.52. The summed E-state index contributed by atoms with van der Waals surface area (Å²) in [5.74, 6) is 1.69. The zero-order chi connectivity index (χ0) is 11.5. The number of anilines is 2. The van der Waals surface area contributed by atoms with Crippen LogP contribution >= 0.6 is 0 Å². The minimum absolute atomic E-state index is 0.274. The van der Waals surface area contributed by atoms with Gasteiger partial charge in [-0.15, -0.1) is 0 Å². The van der Waals surface area contributed by atoms with Crippen LogP contribution in [-0.2, 0) is 0 Å². The molecule has 1 aromatic rings. The van der Waals surface area contributed by atoms with Crippen LogP contribution in [0.1, 0.15) is 26.2 Å². The normalized spacial score (nSPS) is 20.1. The van der Waals surface area contributed by atoms with Crippen LogP contribution in [0.25, 0.3) is 0 Å². The first-order valence-electron chi connectivity index (χ1n) is 5.69. The van der Waals surface area contributed by atoms with E-state index < -0.39 is 0 Å². The van der Waals surface area contributed by atoms with Crippen LogP contribution in [0.2, 0.25) is 0 Å². The highest BCUT2D eigenvalue weighted by Gasteiger charge is 2.24. The van der Waals surface area contributed by atoms with Gasteiger partial charge in [-0.3, -0.25) is 0 Å². The van der Waals surface area contributed by atoms with E-state index in [-0.39, 0.29) is 5.95 Å². The van der Waals surface area contributed by atoms with Crippen molar-refractivity contribution in [3.63, 3.8) is 0 Å². The summed E-state index contributed by atoms with van der Waals surface area (Å²) in [5.41, 5.74) is 5.66. The molecule has 0 spiro atoms. The van der Waals surface area contributed by atoms with Crippen molar-refractivity contribution in [3.8, 4) is 5.88 Å². The smallest absolute Gasteiger partial charge is 0.225 e. The summed E-state index contributed by atoms with van der Waals surface area (Å²) in [6.07, 6.45) is 3.57. The molecule has 0 amide bonds. The fourth-order valence-corrected chi connectivity index (χ4v) is 2.24. The summed E-state index contributed by atoms with van der Waals surface area (Å²) in [5, 5.41) is 0. The van der Waals surface area contributed by atoms with Crippen molar-refractivity contribution in [2.75, 3.05) is 24.3 Å². The van der Waals surface area contributed by atoms with Gasteiger partial charge < -0.3 is 15.4 Å². The first-order chi connectivity index (χ1) is 7.74. The summed E-state index contributed by atoms with van der Waals surface area (Å²) in [6, 6.07) is 2.42. The molecule has 2 N–H and O–H groups in total. The summed E-state index contributed by atoms with van der Waals surface area (Å²) >= 11 is 0. The molecule has 2 rings (SSSR count). The Labute approximate surface area is 95.6 Å². The van der Waals surface area contributed by atoms with Crippen LogP contribution in [-0.4, -0.2) is 29.7 Å². The van der Waals surface area contributed by atoms with Crippen molar-refractivity contribution in [1.29, 1.82) is 0 Å². The number of rotatable bonds is 3. The maximum absolute atomic E-state index is 5.66. The minimum atomic E-state index is 0.274. The van der Waals surface area contributed by atoms with Crippen LogP contribution in [0.4, 0.5) is 11.8 Å². The molecule has 0 bridgehead atoms. The molecule has 5 nitrogen and oxygen atoms in total. The molecule has 5 heteroatoms. The predicted octanol–water partition coefficient (Wildman–Crippen LogP) is 1.45. The Balaban J connectivity index is 2.28. The molecule has 1 atom stereocenters. The molecule has 1 fully saturated rings. The molecule has 0 saturated carbocycles. The number of methoxy groups -OCH3 is 1. The average molecular weight is 222 g/mol.